The summed E-state index contributed by atoms with van der Waals surface area (Å²) in [6.07, 6.45) is 0.401. The Kier molecular flexibility index (Phi) is 4.63. The van der Waals surface area contributed by atoms with Gasteiger partial charge in [0.2, 0.25) is 5.91 Å². The highest BCUT2D eigenvalue weighted by Crippen LogP contribution is 2.34. The second-order valence-corrected chi connectivity index (χ2v) is 6.54. The Morgan fingerprint density at radius 1 is 1.09 bits per heavy atom. The van der Waals surface area contributed by atoms with Gasteiger partial charge in [-0.15, -0.1) is 11.3 Å². The molecule has 1 amide bonds. The molecule has 0 radical (unpaired) electrons. The van der Waals surface area contributed by atoms with E-state index in [4.69, 9.17) is 4.74 Å². The third kappa shape index (κ3) is 3.54. The number of hydrogen-bond donors (Lipinski definition) is 0. The number of amides is 1. The minimum absolute atomic E-state index is 0.0996. The van der Waals surface area contributed by atoms with Crippen LogP contribution in [0.25, 0.3) is 10.1 Å². The summed E-state index contributed by atoms with van der Waals surface area (Å²) in [5.74, 6) is 0.941. The van der Waals surface area contributed by atoms with Crippen molar-refractivity contribution in [2.24, 2.45) is 0 Å². The lowest BCUT2D eigenvalue weighted by atomic mass is 10.1. The third-order valence-electron chi connectivity index (χ3n) is 3.71. The molecule has 0 atom stereocenters. The van der Waals surface area contributed by atoms with Crippen LogP contribution >= 0.6 is 11.3 Å². The maximum Gasteiger partial charge on any atom is 0.226 e. The summed E-state index contributed by atoms with van der Waals surface area (Å²) in [4.78, 5) is 13.7. The Bertz CT molecular complexity index is 809. The number of likely N-dealkylation sites (N-methyl/N-ethyl adjacent to an activating group) is 1. The highest BCUT2D eigenvalue weighted by atomic mass is 32.1. The first-order chi connectivity index (χ1) is 11.1. The van der Waals surface area contributed by atoms with Crippen LogP contribution in [0.3, 0.4) is 0 Å². The first kappa shape index (κ1) is 15.6. The van der Waals surface area contributed by atoms with Crippen molar-refractivity contribution >= 4 is 27.3 Å². The number of rotatable bonds is 5. The highest BCUT2D eigenvalue weighted by molar-refractivity contribution is 7.17. The van der Waals surface area contributed by atoms with Crippen LogP contribution in [0, 0.1) is 0 Å². The Morgan fingerprint density at radius 3 is 2.61 bits per heavy atom. The second-order valence-electron chi connectivity index (χ2n) is 5.63. The van der Waals surface area contributed by atoms with E-state index in [9.17, 15) is 4.79 Å². The molecule has 23 heavy (non-hydrogen) atoms. The van der Waals surface area contributed by atoms with Gasteiger partial charge in [-0.25, -0.2) is 0 Å². The van der Waals surface area contributed by atoms with Crippen LogP contribution in [0.1, 0.15) is 11.1 Å². The van der Waals surface area contributed by atoms with Gasteiger partial charge in [-0.1, -0.05) is 36.4 Å². The van der Waals surface area contributed by atoms with Gasteiger partial charge < -0.3 is 9.64 Å². The van der Waals surface area contributed by atoms with Gasteiger partial charge in [0.15, 0.2) is 0 Å². The molecule has 0 unspecified atom stereocenters. The largest absolute Gasteiger partial charge is 0.488 e. The molecule has 0 aliphatic carbocycles. The summed E-state index contributed by atoms with van der Waals surface area (Å²) in [7, 11) is 3.56. The molecular weight excluding hydrogens is 306 g/mol. The number of thiophene rings is 1. The molecule has 0 fully saturated rings. The van der Waals surface area contributed by atoms with E-state index in [1.807, 2.05) is 42.5 Å². The summed E-state index contributed by atoms with van der Waals surface area (Å²) in [5.41, 5.74) is 2.16. The molecule has 3 rings (SSSR count). The molecular formula is C19H19NO2S. The summed E-state index contributed by atoms with van der Waals surface area (Å²) in [6, 6.07) is 16.1. The number of hydrogen-bond acceptors (Lipinski definition) is 3. The average molecular weight is 325 g/mol. The van der Waals surface area contributed by atoms with E-state index in [-0.39, 0.29) is 5.91 Å². The van der Waals surface area contributed by atoms with Gasteiger partial charge in [-0.05, 0) is 28.6 Å². The molecule has 1 aromatic heterocycles. The zero-order valence-electron chi connectivity index (χ0n) is 13.3. The molecule has 3 nitrogen and oxygen atoms in total. The van der Waals surface area contributed by atoms with Gasteiger partial charge >= 0.3 is 0 Å². The number of ether oxygens (including phenoxy) is 1. The molecule has 0 N–H and O–H groups in total. The SMILES string of the molecule is CN(C)C(=O)Cc1csc2cccc(OCc3ccccc3)c12. The van der Waals surface area contributed by atoms with E-state index in [0.717, 1.165) is 27.0 Å². The van der Waals surface area contributed by atoms with Crippen LogP contribution in [0.4, 0.5) is 0 Å². The number of nitrogens with zero attached hydrogens (tertiary/aromatic N) is 1. The smallest absolute Gasteiger partial charge is 0.226 e. The fourth-order valence-corrected chi connectivity index (χ4v) is 3.40. The van der Waals surface area contributed by atoms with Crippen molar-refractivity contribution in [2.45, 2.75) is 13.0 Å². The van der Waals surface area contributed by atoms with Crippen molar-refractivity contribution < 1.29 is 9.53 Å². The molecule has 4 heteroatoms. The zero-order valence-corrected chi connectivity index (χ0v) is 14.1. The molecule has 0 spiro atoms. The maximum absolute atomic E-state index is 12.0. The van der Waals surface area contributed by atoms with Crippen LogP contribution in [-0.4, -0.2) is 24.9 Å². The van der Waals surface area contributed by atoms with Gasteiger partial charge in [-0.3, -0.25) is 4.79 Å². The van der Waals surface area contributed by atoms with Crippen LogP contribution in [0.5, 0.6) is 5.75 Å². The first-order valence-electron chi connectivity index (χ1n) is 7.51. The minimum atomic E-state index is 0.0996. The van der Waals surface area contributed by atoms with E-state index in [1.165, 1.54) is 0 Å². The van der Waals surface area contributed by atoms with Crippen molar-refractivity contribution in [1.82, 2.24) is 4.90 Å². The van der Waals surface area contributed by atoms with Gasteiger partial charge in [0.25, 0.3) is 0 Å². The third-order valence-corrected chi connectivity index (χ3v) is 4.71. The standard InChI is InChI=1S/C19H19NO2S/c1-20(2)18(21)11-15-13-23-17-10-6-9-16(19(15)17)22-12-14-7-4-3-5-8-14/h3-10,13H,11-12H2,1-2H3. The summed E-state index contributed by atoms with van der Waals surface area (Å²) in [6.45, 7) is 0.525. The van der Waals surface area contributed by atoms with Gasteiger partial charge in [0, 0.05) is 24.2 Å². The van der Waals surface area contributed by atoms with E-state index in [0.29, 0.717) is 13.0 Å². The number of carbonyl (C=O) groups excluding carboxylic acids is 1. The van der Waals surface area contributed by atoms with Crippen LogP contribution in [0.2, 0.25) is 0 Å². The van der Waals surface area contributed by atoms with E-state index < -0.39 is 0 Å². The van der Waals surface area contributed by atoms with Gasteiger partial charge in [0.1, 0.15) is 12.4 Å². The Balaban J connectivity index is 1.87. The quantitative estimate of drug-likeness (QED) is 0.706. The highest BCUT2D eigenvalue weighted by Gasteiger charge is 2.14. The molecule has 0 aliphatic rings. The number of carbonyl (C=O) groups is 1. The number of fused-ring (bicyclic) bond motifs is 1. The predicted octanol–water partition coefficient (Wildman–Crippen LogP) is 4.11. The van der Waals surface area contributed by atoms with Crippen LogP contribution in [-0.2, 0) is 17.8 Å². The summed E-state index contributed by atoms with van der Waals surface area (Å²) < 4.78 is 7.18. The van der Waals surface area contributed by atoms with Crippen LogP contribution in [0.15, 0.2) is 53.9 Å². The van der Waals surface area contributed by atoms with Crippen molar-refractivity contribution in [2.75, 3.05) is 14.1 Å². The number of benzene rings is 2. The van der Waals surface area contributed by atoms with Crippen LogP contribution < -0.4 is 4.74 Å². The fraction of sp³-hybridized carbons (Fsp3) is 0.211. The monoisotopic (exact) mass is 325 g/mol. The van der Waals surface area contributed by atoms with Gasteiger partial charge in [0.05, 0.1) is 6.42 Å². The molecule has 3 aromatic rings. The maximum atomic E-state index is 12.0. The minimum Gasteiger partial charge on any atom is -0.488 e. The molecule has 2 aromatic carbocycles. The normalized spacial score (nSPS) is 10.7. The summed E-state index contributed by atoms with van der Waals surface area (Å²) >= 11 is 1.65. The molecule has 0 saturated carbocycles. The molecule has 1 heterocycles. The zero-order chi connectivity index (χ0) is 16.2. The lowest BCUT2D eigenvalue weighted by Crippen LogP contribution is -2.23. The summed E-state index contributed by atoms with van der Waals surface area (Å²) in [5, 5.41) is 3.12. The second kappa shape index (κ2) is 6.84. The molecule has 118 valence electrons. The van der Waals surface area contributed by atoms with E-state index >= 15 is 0 Å². The van der Waals surface area contributed by atoms with Crippen molar-refractivity contribution in [3.05, 3.63) is 65.0 Å². The molecule has 0 saturated heterocycles. The Labute approximate surface area is 140 Å². The Hall–Kier alpha value is -2.33. The van der Waals surface area contributed by atoms with Gasteiger partial charge in [-0.2, -0.15) is 0 Å². The van der Waals surface area contributed by atoms with Crippen molar-refractivity contribution in [1.29, 1.82) is 0 Å². The van der Waals surface area contributed by atoms with Crippen molar-refractivity contribution in [3.8, 4) is 5.75 Å². The van der Waals surface area contributed by atoms with E-state index in [2.05, 4.69) is 11.4 Å². The fourth-order valence-electron chi connectivity index (χ4n) is 2.43. The van der Waals surface area contributed by atoms with E-state index in [1.54, 1.807) is 30.3 Å². The van der Waals surface area contributed by atoms with Crippen molar-refractivity contribution in [3.63, 3.8) is 0 Å². The lowest BCUT2D eigenvalue weighted by Gasteiger charge is -2.11. The Morgan fingerprint density at radius 2 is 1.87 bits per heavy atom. The molecule has 0 aliphatic heterocycles. The predicted molar refractivity (Wildman–Crippen MR) is 95.0 cm³/mol. The topological polar surface area (TPSA) is 29.5 Å². The molecule has 0 bridgehead atoms. The lowest BCUT2D eigenvalue weighted by molar-refractivity contribution is -0.127. The average Bonchev–Trinajstić information content (AvgIpc) is 2.97. The first-order valence-corrected chi connectivity index (χ1v) is 8.39.